The van der Waals surface area contributed by atoms with Gasteiger partial charge >= 0.3 is 8.77 Å². The summed E-state index contributed by atoms with van der Waals surface area (Å²) in [7, 11) is 14.7. The predicted octanol–water partition coefficient (Wildman–Crippen LogP) is 27.6. The summed E-state index contributed by atoms with van der Waals surface area (Å²) >= 11 is 1.84. The second-order valence-electron chi connectivity index (χ2n) is 22.5. The quantitative estimate of drug-likeness (QED) is 0.0448. The average molecular weight is 1740 g/mol. The summed E-state index contributed by atoms with van der Waals surface area (Å²) in [6.45, 7) is 33.2. The van der Waals surface area contributed by atoms with Crippen molar-refractivity contribution in [3.05, 3.63) is 187 Å². The molecule has 7 rings (SSSR count). The Kier molecular flexibility index (Phi) is 77.8. The first kappa shape index (κ1) is 104. The molecule has 0 bridgehead atoms. The van der Waals surface area contributed by atoms with Gasteiger partial charge in [-0.1, -0.05) is 269 Å². The molecular weight excluding hydrogens is 1610 g/mol. The maximum Gasteiger partial charge on any atom is 0.371 e. The van der Waals surface area contributed by atoms with Gasteiger partial charge in [0.15, 0.2) is 0 Å². The Bertz CT molecular complexity index is 2620. The summed E-state index contributed by atoms with van der Waals surface area (Å²) in [5, 5.41) is 0. The van der Waals surface area contributed by atoms with E-state index in [1.54, 1.807) is 18.2 Å². The smallest absolute Gasteiger partial charge is 0.371 e. The van der Waals surface area contributed by atoms with Crippen molar-refractivity contribution in [3.8, 4) is 22.6 Å². The number of aryl methyl sites for hydroxylation is 8. The van der Waals surface area contributed by atoms with Crippen LogP contribution in [0.2, 0.25) is 0 Å². The van der Waals surface area contributed by atoms with Gasteiger partial charge in [-0.05, 0) is 159 Å². The van der Waals surface area contributed by atoms with Crippen molar-refractivity contribution in [1.29, 1.82) is 0 Å². The van der Waals surface area contributed by atoms with E-state index in [0.717, 1.165) is 45.5 Å². The second kappa shape index (κ2) is 69.0. The molecule has 0 aliphatic heterocycles. The van der Waals surface area contributed by atoms with Gasteiger partial charge in [0.2, 0.25) is 0 Å². The number of fused-ring (bicyclic) bond motifs is 3. The third-order valence-electron chi connectivity index (χ3n) is 15.0. The zero-order valence-corrected chi connectivity index (χ0v) is 77.5. The van der Waals surface area contributed by atoms with Gasteiger partial charge in [0.25, 0.3) is 0 Å². The van der Waals surface area contributed by atoms with Crippen LogP contribution in [0.3, 0.4) is 0 Å². The van der Waals surface area contributed by atoms with E-state index in [1.165, 1.54) is 170 Å². The number of allylic oxidation sites excluding steroid dienone is 2. The maximum atomic E-state index is 9.71. The third kappa shape index (κ3) is 47.0. The molecule has 17 heteroatoms. The van der Waals surface area contributed by atoms with E-state index >= 15 is 0 Å². The molecule has 0 amide bonds. The number of halogens is 1. The summed E-state index contributed by atoms with van der Waals surface area (Å²) in [6, 6.07) is 39.9. The van der Waals surface area contributed by atoms with Crippen LogP contribution in [0.25, 0.3) is 23.3 Å². The molecule has 0 N–H and O–H groups in total. The molecule has 8 unspecified atom stereocenters. The van der Waals surface area contributed by atoms with Crippen molar-refractivity contribution < 1.29 is 95.3 Å². The topological polar surface area (TPSA) is 35.5 Å². The first-order chi connectivity index (χ1) is 42.4. The Morgan fingerprint density at radius 1 is 0.565 bits per heavy atom. The van der Waals surface area contributed by atoms with Crippen LogP contribution in [0.15, 0.2) is 121 Å². The largest absolute Gasteiger partial charge is 0.496 e. The first-order valence-electron chi connectivity index (χ1n) is 32.2. The van der Waals surface area contributed by atoms with Crippen LogP contribution in [-0.4, -0.2) is 20.4 Å². The van der Waals surface area contributed by atoms with Crippen LogP contribution < -0.4 is 9.47 Å². The zero-order valence-electron chi connectivity index (χ0n) is 59.7. The minimum atomic E-state index is -1.33. The maximum absolute atomic E-state index is 9.71. The van der Waals surface area contributed by atoms with Crippen LogP contribution in [-0.2, 0) is 47.1 Å². The van der Waals surface area contributed by atoms with Crippen LogP contribution in [0, 0.1) is 101 Å². The van der Waals surface area contributed by atoms with Gasteiger partial charge in [-0.3, -0.25) is 0 Å². The van der Waals surface area contributed by atoms with Crippen molar-refractivity contribution in [1.82, 2.24) is 0 Å². The van der Waals surface area contributed by atoms with Gasteiger partial charge in [-0.15, -0.1) is 68.4 Å². The molecule has 92 heavy (non-hydrogen) atoms. The van der Waals surface area contributed by atoms with Crippen LogP contribution in [0.5, 0.6) is 11.5 Å². The standard InChI is InChI=1S/C31H46.C19H30O2.C10H12.C8H10.C6H8S.CH6P2.FOP.H5P3.H4P2.H3P.Th.2V/c1-5-7-9-11-13-15-21-31(22-16-14-12-10-8-6-2)29-23-25(3)17-19-27(29)28-20-18-26(4)24-30(28)31;1-6-9-11-16(8-3)14-21-19-12-15(4)18(20-5)13-17(19)10-7-2;1-3-4-10-7-5-9(2)6-8-10;1-7-3-5-8(2)6-4-7;1-5-3-4-6(2)7-5;3*1-3-2;1-2;;;;/h17-20,23-24H,5-16,21-22H2,1-4H3;7,10,12-13,16H,6,8-9,11,14H2,1-5H3;3-8H,1-2H3;3-6H,1-2H3;3-4H,1-2H3;3H,2H2,1H3;;3H,1-2H2;1-2H2;1H3;;;/b;10-7+;4-3+;;;;;;;;;;. The number of hydrogen-bond donors (Lipinski definition) is 0. The molecule has 1 heterocycles. The molecule has 6 aromatic rings. The number of rotatable bonds is 24. The van der Waals surface area contributed by atoms with Crippen molar-refractivity contribution in [3.63, 3.8) is 0 Å². The number of ether oxygens (including phenoxy) is 2. The number of hydrogen-bond acceptors (Lipinski definition) is 4. The van der Waals surface area contributed by atoms with E-state index in [2.05, 4.69) is 256 Å². The molecule has 0 fully saturated rings. The SMILES string of the molecule is C/C=C/c1cc(OC)c(C)cc1OCC(CC)CCCC.C/C=C/c1ccc(C)cc1.CCCCCCCCC1(CCCCCCCC)c2cc(C)ccc2-c2ccc(C)cc21.CPP.Cc1ccc(C)cc1.Cc1ccc(C)s1.O=PF.P.PP.PPP.[Th].[V].[V]. The molecule has 0 saturated heterocycles. The number of unbranched alkanes of at least 4 members (excludes halogenated alkanes) is 11. The summed E-state index contributed by atoms with van der Waals surface area (Å²) < 4.78 is 29.5. The van der Waals surface area contributed by atoms with Gasteiger partial charge in [0.05, 0.1) is 13.7 Å². The molecule has 3 nitrogen and oxygen atoms in total. The molecular formula is C75H124FO3P9SThV2. The Balaban J connectivity index is -0.000000261. The Morgan fingerprint density at radius 3 is 1.28 bits per heavy atom. The molecule has 2 radical (unpaired) electrons. The van der Waals surface area contributed by atoms with Gasteiger partial charge in [-0.25, -0.2) is 4.57 Å². The van der Waals surface area contributed by atoms with E-state index in [4.69, 9.17) is 14.0 Å². The normalized spacial score (nSPS) is 11.1. The molecule has 8 atom stereocenters. The van der Waals surface area contributed by atoms with E-state index in [9.17, 15) is 4.20 Å². The van der Waals surface area contributed by atoms with Crippen LogP contribution >= 0.6 is 90.9 Å². The number of thiophene rings is 1. The van der Waals surface area contributed by atoms with Crippen LogP contribution in [0.4, 0.5) is 4.20 Å². The fourth-order valence-electron chi connectivity index (χ4n) is 10.3. The van der Waals surface area contributed by atoms with E-state index < -0.39 is 8.77 Å². The Labute approximate surface area is 645 Å². The van der Waals surface area contributed by atoms with Crippen molar-refractivity contribution in [2.75, 3.05) is 20.4 Å². The molecule has 0 saturated carbocycles. The van der Waals surface area contributed by atoms with Crippen molar-refractivity contribution in [2.45, 2.75) is 218 Å². The first-order valence-corrected chi connectivity index (χ1v) is 44.3. The average Bonchev–Trinajstić information content (AvgIpc) is 1.57. The van der Waals surface area contributed by atoms with Crippen molar-refractivity contribution in [2.24, 2.45) is 5.92 Å². The van der Waals surface area contributed by atoms with Gasteiger partial charge in [-0.2, -0.15) is 9.90 Å². The fraction of sp³-hybridized carbons (Fsp3) is 0.493. The van der Waals surface area contributed by atoms with Gasteiger partial charge < -0.3 is 9.47 Å². The van der Waals surface area contributed by atoms with E-state index in [0.29, 0.717) is 5.92 Å². The van der Waals surface area contributed by atoms with E-state index in [-0.39, 0.29) is 92.4 Å². The summed E-state index contributed by atoms with van der Waals surface area (Å²) in [5.74, 6) is 2.51. The third-order valence-corrected chi connectivity index (χ3v) is 15.9. The summed E-state index contributed by atoms with van der Waals surface area (Å²) in [5.41, 5.74) is 16.8. The second-order valence-corrected chi connectivity index (χ2v) is 30.8. The minimum absolute atomic E-state index is 0. The molecule has 1 aromatic heterocycles. The Morgan fingerprint density at radius 2 is 0.935 bits per heavy atom. The summed E-state index contributed by atoms with van der Waals surface area (Å²) in [4.78, 5) is 2.80. The monoisotopic (exact) mass is 1740 g/mol. The fourth-order valence-corrected chi connectivity index (χ4v) is 11.1. The number of methoxy groups -OCH3 is 1. The summed E-state index contributed by atoms with van der Waals surface area (Å²) in [6.07, 6.45) is 32.4. The van der Waals surface area contributed by atoms with Crippen molar-refractivity contribution >= 4 is 103 Å². The van der Waals surface area contributed by atoms with Gasteiger partial charge in [0.1, 0.15) is 11.5 Å². The molecule has 5 aromatic carbocycles. The zero-order chi connectivity index (χ0) is 66.5. The Hall–Kier alpha value is 0.844. The molecule has 0 spiro atoms. The van der Waals surface area contributed by atoms with Gasteiger partial charge in [0, 0.05) is 97.8 Å². The number of benzene rings is 5. The predicted molar refractivity (Wildman–Crippen MR) is 436 cm³/mol. The van der Waals surface area contributed by atoms with Crippen LogP contribution in [0.1, 0.15) is 223 Å². The molecule has 1 aliphatic rings. The molecule has 1 aliphatic carbocycles. The molecule has 514 valence electrons. The van der Waals surface area contributed by atoms with E-state index in [1.807, 2.05) is 37.3 Å². The minimum Gasteiger partial charge on any atom is -0.496 e.